The number of aromatic nitrogens is 1. The Morgan fingerprint density at radius 3 is 2.32 bits per heavy atom. The van der Waals surface area contributed by atoms with Gasteiger partial charge < -0.3 is 14.8 Å². The third-order valence-corrected chi connectivity index (χ3v) is 7.17. The highest BCUT2D eigenvalue weighted by Crippen LogP contribution is 2.37. The van der Waals surface area contributed by atoms with E-state index in [2.05, 4.69) is 11.4 Å². The maximum atomic E-state index is 13.2. The SMILES string of the molecule is CCC(Sc1nc(-c2ccccc2)cc(-c2ccc(OC)cc2)c1C#N)C(=O)Nc1cccc(OC)c1. The highest BCUT2D eigenvalue weighted by atomic mass is 32.2. The van der Waals surface area contributed by atoms with Crippen molar-refractivity contribution in [1.29, 1.82) is 5.26 Å². The molecule has 6 nitrogen and oxygen atoms in total. The maximum absolute atomic E-state index is 13.2. The number of amides is 1. The van der Waals surface area contributed by atoms with E-state index in [1.165, 1.54) is 11.8 Å². The number of anilines is 1. The average molecular weight is 510 g/mol. The van der Waals surface area contributed by atoms with E-state index in [1.54, 1.807) is 20.3 Å². The molecule has 0 fully saturated rings. The molecule has 1 N–H and O–H groups in total. The quantitative estimate of drug-likeness (QED) is 0.249. The first-order valence-corrected chi connectivity index (χ1v) is 12.7. The fourth-order valence-electron chi connectivity index (χ4n) is 3.85. The van der Waals surface area contributed by atoms with E-state index in [9.17, 15) is 10.1 Å². The Bertz CT molecular complexity index is 1420. The zero-order valence-electron chi connectivity index (χ0n) is 20.9. The van der Waals surface area contributed by atoms with Crippen LogP contribution in [0.25, 0.3) is 22.4 Å². The molecule has 7 heteroatoms. The number of hydrogen-bond acceptors (Lipinski definition) is 6. The second-order valence-corrected chi connectivity index (χ2v) is 9.37. The van der Waals surface area contributed by atoms with Crippen LogP contribution in [0.15, 0.2) is 90.0 Å². The van der Waals surface area contributed by atoms with Gasteiger partial charge in [0.2, 0.25) is 5.91 Å². The van der Waals surface area contributed by atoms with E-state index in [0.717, 1.165) is 28.1 Å². The number of ether oxygens (including phenoxy) is 2. The van der Waals surface area contributed by atoms with Gasteiger partial charge in [0.25, 0.3) is 0 Å². The molecule has 4 aromatic rings. The van der Waals surface area contributed by atoms with Gasteiger partial charge in [0.05, 0.1) is 30.7 Å². The number of nitrogens with zero attached hydrogens (tertiary/aromatic N) is 2. The minimum atomic E-state index is -0.458. The summed E-state index contributed by atoms with van der Waals surface area (Å²) < 4.78 is 10.6. The van der Waals surface area contributed by atoms with Crippen LogP contribution >= 0.6 is 11.8 Å². The Morgan fingerprint density at radius 2 is 1.68 bits per heavy atom. The Hall–Kier alpha value is -4.28. The number of nitriles is 1. The van der Waals surface area contributed by atoms with Gasteiger partial charge in [0.15, 0.2) is 0 Å². The Kier molecular flexibility index (Phi) is 8.44. The van der Waals surface area contributed by atoms with Crippen LogP contribution < -0.4 is 14.8 Å². The number of nitrogens with one attached hydrogen (secondary N) is 1. The number of methoxy groups -OCH3 is 2. The van der Waals surface area contributed by atoms with Gasteiger partial charge in [-0.1, -0.05) is 67.2 Å². The standard InChI is InChI=1S/C30H27N3O3S/c1-4-28(29(34)32-22-11-8-12-24(17-22)36-3)37-30-26(19-31)25(20-13-15-23(35-2)16-14-20)18-27(33-30)21-9-6-5-7-10-21/h5-18,28H,4H2,1-3H3,(H,32,34). The third-order valence-electron chi connectivity index (χ3n) is 5.82. The lowest BCUT2D eigenvalue weighted by Gasteiger charge is -2.18. The fraction of sp³-hybridized carbons (Fsp3) is 0.167. The number of hydrogen-bond donors (Lipinski definition) is 1. The summed E-state index contributed by atoms with van der Waals surface area (Å²) in [5, 5.41) is 13.2. The van der Waals surface area contributed by atoms with Crippen LogP contribution in [0.4, 0.5) is 5.69 Å². The molecule has 0 aliphatic carbocycles. The molecule has 0 spiro atoms. The predicted molar refractivity (Wildman–Crippen MR) is 148 cm³/mol. The number of carbonyl (C=O) groups is 1. The van der Waals surface area contributed by atoms with E-state index in [1.807, 2.05) is 85.8 Å². The summed E-state index contributed by atoms with van der Waals surface area (Å²) in [4.78, 5) is 18.1. The first-order chi connectivity index (χ1) is 18.1. The van der Waals surface area contributed by atoms with Gasteiger partial charge in [-0.15, -0.1) is 0 Å². The molecule has 1 unspecified atom stereocenters. The molecular weight excluding hydrogens is 482 g/mol. The molecule has 0 saturated carbocycles. The van der Waals surface area contributed by atoms with Crippen molar-refractivity contribution in [3.8, 4) is 40.0 Å². The number of benzene rings is 3. The van der Waals surface area contributed by atoms with Crippen molar-refractivity contribution < 1.29 is 14.3 Å². The monoisotopic (exact) mass is 509 g/mol. The van der Waals surface area contributed by atoms with Gasteiger partial charge in [-0.05, 0) is 42.3 Å². The van der Waals surface area contributed by atoms with Gasteiger partial charge in [0.1, 0.15) is 22.6 Å². The molecule has 0 aliphatic rings. The predicted octanol–water partition coefficient (Wildman–Crippen LogP) is 6.81. The highest BCUT2D eigenvalue weighted by molar-refractivity contribution is 8.00. The van der Waals surface area contributed by atoms with Crippen molar-refractivity contribution in [2.24, 2.45) is 0 Å². The summed E-state index contributed by atoms with van der Waals surface area (Å²) >= 11 is 1.30. The van der Waals surface area contributed by atoms with Crippen LogP contribution in [0.3, 0.4) is 0 Å². The van der Waals surface area contributed by atoms with Gasteiger partial charge in [-0.25, -0.2) is 4.98 Å². The van der Waals surface area contributed by atoms with E-state index in [0.29, 0.717) is 28.4 Å². The zero-order valence-corrected chi connectivity index (χ0v) is 21.7. The largest absolute Gasteiger partial charge is 0.497 e. The van der Waals surface area contributed by atoms with Gasteiger partial charge in [-0.2, -0.15) is 5.26 Å². The minimum Gasteiger partial charge on any atom is -0.497 e. The molecule has 4 rings (SSSR count). The minimum absolute atomic E-state index is 0.164. The van der Waals surface area contributed by atoms with E-state index in [4.69, 9.17) is 14.5 Å². The summed E-state index contributed by atoms with van der Waals surface area (Å²) in [6.45, 7) is 1.94. The topological polar surface area (TPSA) is 84.2 Å². The first kappa shape index (κ1) is 25.8. The molecule has 1 aromatic heterocycles. The lowest BCUT2D eigenvalue weighted by molar-refractivity contribution is -0.115. The van der Waals surface area contributed by atoms with Crippen LogP contribution in [0.1, 0.15) is 18.9 Å². The van der Waals surface area contributed by atoms with Crippen LogP contribution in [-0.4, -0.2) is 30.4 Å². The van der Waals surface area contributed by atoms with Crippen molar-refractivity contribution >= 4 is 23.4 Å². The van der Waals surface area contributed by atoms with Gasteiger partial charge >= 0.3 is 0 Å². The zero-order chi connectivity index (χ0) is 26.2. The maximum Gasteiger partial charge on any atom is 0.237 e. The lowest BCUT2D eigenvalue weighted by atomic mass is 9.99. The van der Waals surface area contributed by atoms with E-state index in [-0.39, 0.29) is 5.91 Å². The van der Waals surface area contributed by atoms with E-state index >= 15 is 0 Å². The van der Waals surface area contributed by atoms with Crippen molar-refractivity contribution in [2.45, 2.75) is 23.6 Å². The number of carbonyl (C=O) groups excluding carboxylic acids is 1. The Labute approximate surface area is 221 Å². The Morgan fingerprint density at radius 1 is 0.946 bits per heavy atom. The average Bonchev–Trinajstić information content (AvgIpc) is 2.95. The molecule has 0 radical (unpaired) electrons. The van der Waals surface area contributed by atoms with Crippen LogP contribution in [0, 0.1) is 11.3 Å². The van der Waals surface area contributed by atoms with Gasteiger partial charge in [0, 0.05) is 22.9 Å². The van der Waals surface area contributed by atoms with Crippen LogP contribution in [-0.2, 0) is 4.79 Å². The summed E-state index contributed by atoms with van der Waals surface area (Å²) in [6, 6.07) is 28.9. The second-order valence-electron chi connectivity index (χ2n) is 8.18. The number of rotatable bonds is 9. The molecule has 0 saturated heterocycles. The highest BCUT2D eigenvalue weighted by Gasteiger charge is 2.23. The third kappa shape index (κ3) is 6.11. The molecule has 0 aliphatic heterocycles. The van der Waals surface area contributed by atoms with Crippen molar-refractivity contribution in [1.82, 2.24) is 4.98 Å². The molecule has 3 aromatic carbocycles. The fourth-order valence-corrected chi connectivity index (χ4v) is 4.88. The summed E-state index contributed by atoms with van der Waals surface area (Å²) in [7, 11) is 3.20. The molecule has 186 valence electrons. The molecule has 0 bridgehead atoms. The Balaban J connectivity index is 1.74. The number of thioether (sulfide) groups is 1. The van der Waals surface area contributed by atoms with Crippen LogP contribution in [0.2, 0.25) is 0 Å². The van der Waals surface area contributed by atoms with Crippen LogP contribution in [0.5, 0.6) is 11.5 Å². The van der Waals surface area contributed by atoms with Crippen molar-refractivity contribution in [3.63, 3.8) is 0 Å². The molecule has 1 amide bonds. The first-order valence-electron chi connectivity index (χ1n) is 11.8. The summed E-state index contributed by atoms with van der Waals surface area (Å²) in [6.07, 6.45) is 0.556. The molecule has 37 heavy (non-hydrogen) atoms. The lowest BCUT2D eigenvalue weighted by Crippen LogP contribution is -2.24. The molecule has 1 heterocycles. The molecular formula is C30H27N3O3S. The van der Waals surface area contributed by atoms with Crippen molar-refractivity contribution in [3.05, 3.63) is 90.5 Å². The van der Waals surface area contributed by atoms with E-state index < -0.39 is 5.25 Å². The smallest absolute Gasteiger partial charge is 0.237 e. The molecule has 1 atom stereocenters. The summed E-state index contributed by atoms with van der Waals surface area (Å²) in [5.41, 5.74) is 4.36. The summed E-state index contributed by atoms with van der Waals surface area (Å²) in [5.74, 6) is 1.23. The van der Waals surface area contributed by atoms with Crippen molar-refractivity contribution in [2.75, 3.05) is 19.5 Å². The second kappa shape index (κ2) is 12.1. The number of pyridine rings is 1. The normalized spacial score (nSPS) is 11.3. The van der Waals surface area contributed by atoms with Gasteiger partial charge in [-0.3, -0.25) is 4.79 Å².